The highest BCUT2D eigenvalue weighted by Crippen LogP contribution is 2.38. The number of ether oxygens (including phenoxy) is 1. The van der Waals surface area contributed by atoms with Gasteiger partial charge in [-0.25, -0.2) is 0 Å². The molecule has 1 aliphatic rings. The molecule has 1 unspecified atom stereocenters. The van der Waals surface area contributed by atoms with Crippen LogP contribution in [0, 0.1) is 5.92 Å². The maximum Gasteiger partial charge on any atom is 0.458 e. The van der Waals surface area contributed by atoms with E-state index >= 15 is 0 Å². The van der Waals surface area contributed by atoms with Gasteiger partial charge in [0.15, 0.2) is 0 Å². The second kappa shape index (κ2) is 5.10. The summed E-state index contributed by atoms with van der Waals surface area (Å²) >= 11 is 0. The number of carbonyl (C=O) groups is 1. The summed E-state index contributed by atoms with van der Waals surface area (Å²) in [4.78, 5) is 11.9. The summed E-state index contributed by atoms with van der Waals surface area (Å²) in [6.45, 7) is 15.5. The lowest BCUT2D eigenvalue weighted by molar-refractivity contribution is -0.158. The van der Waals surface area contributed by atoms with Crippen molar-refractivity contribution in [1.29, 1.82) is 0 Å². The molecule has 0 aromatic heterocycles. The van der Waals surface area contributed by atoms with Crippen LogP contribution in [0.3, 0.4) is 0 Å². The van der Waals surface area contributed by atoms with Crippen molar-refractivity contribution in [2.24, 2.45) is 5.92 Å². The molecule has 1 atom stereocenters. The molecule has 1 heterocycles. The molecule has 0 N–H and O–H groups in total. The first-order valence-corrected chi connectivity index (χ1v) is 6.92. The summed E-state index contributed by atoms with van der Waals surface area (Å²) in [6, 6.07) is 0. The first kappa shape index (κ1) is 16.5. The minimum Gasteiger partial charge on any atom is -0.460 e. The van der Waals surface area contributed by atoms with E-state index in [4.69, 9.17) is 14.0 Å². The zero-order chi connectivity index (χ0) is 15.1. The number of hydrogen-bond acceptors (Lipinski definition) is 4. The van der Waals surface area contributed by atoms with Crippen molar-refractivity contribution in [3.63, 3.8) is 0 Å². The van der Waals surface area contributed by atoms with E-state index in [1.807, 2.05) is 55.4 Å². The number of hydrogen-bond donors (Lipinski definition) is 0. The van der Waals surface area contributed by atoms with Gasteiger partial charge in [0.05, 0.1) is 17.1 Å². The van der Waals surface area contributed by atoms with E-state index in [0.717, 1.165) is 0 Å². The van der Waals surface area contributed by atoms with Crippen LogP contribution in [0.4, 0.5) is 0 Å². The maximum absolute atomic E-state index is 11.9. The minimum absolute atomic E-state index is 0.206. The maximum atomic E-state index is 11.9. The van der Waals surface area contributed by atoms with Crippen LogP contribution in [0.1, 0.15) is 55.4 Å². The molecule has 0 aliphatic carbocycles. The lowest BCUT2D eigenvalue weighted by Gasteiger charge is -2.32. The highest BCUT2D eigenvalue weighted by atomic mass is 16.7. The van der Waals surface area contributed by atoms with E-state index in [9.17, 15) is 4.79 Å². The molecular weight excluding hydrogens is 243 g/mol. The Morgan fingerprint density at radius 1 is 1.16 bits per heavy atom. The Balaban J connectivity index is 2.56. The van der Waals surface area contributed by atoms with Gasteiger partial charge in [-0.05, 0) is 54.8 Å². The normalized spacial score (nSPS) is 23.3. The minimum atomic E-state index is -0.457. The fourth-order valence-electron chi connectivity index (χ4n) is 1.85. The smallest absolute Gasteiger partial charge is 0.458 e. The van der Waals surface area contributed by atoms with Crippen LogP contribution >= 0.6 is 0 Å². The summed E-state index contributed by atoms with van der Waals surface area (Å²) in [5, 5.41) is 0. The monoisotopic (exact) mass is 270 g/mol. The number of rotatable bonds is 3. The van der Waals surface area contributed by atoms with Crippen molar-refractivity contribution in [1.82, 2.24) is 0 Å². The van der Waals surface area contributed by atoms with Crippen LogP contribution in [-0.2, 0) is 18.8 Å². The largest absolute Gasteiger partial charge is 0.460 e. The van der Waals surface area contributed by atoms with Crippen LogP contribution in [0.2, 0.25) is 6.32 Å². The fraction of sp³-hybridized carbons (Fsp3) is 0.929. The average molecular weight is 270 g/mol. The molecule has 0 saturated carbocycles. The highest BCUT2D eigenvalue weighted by molar-refractivity contribution is 6.46. The molecule has 0 aromatic rings. The number of carbonyl (C=O) groups excluding carboxylic acids is 1. The molecule has 0 amide bonds. The van der Waals surface area contributed by atoms with Gasteiger partial charge >= 0.3 is 13.1 Å². The summed E-state index contributed by atoms with van der Waals surface area (Å²) in [5.41, 5.74) is -1.17. The van der Waals surface area contributed by atoms with Gasteiger partial charge < -0.3 is 14.0 Å². The molecular formula is C14H27BO4. The fourth-order valence-corrected chi connectivity index (χ4v) is 1.85. The van der Waals surface area contributed by atoms with Crippen molar-refractivity contribution >= 4 is 13.1 Å². The zero-order valence-corrected chi connectivity index (χ0v) is 13.5. The molecule has 4 nitrogen and oxygen atoms in total. The van der Waals surface area contributed by atoms with Crippen molar-refractivity contribution in [2.45, 2.75) is 78.5 Å². The Labute approximate surface area is 117 Å². The van der Waals surface area contributed by atoms with Gasteiger partial charge in [0.25, 0.3) is 0 Å². The van der Waals surface area contributed by atoms with Crippen molar-refractivity contribution in [3.05, 3.63) is 0 Å². The standard InChI is InChI=1S/C14H27BO4/c1-10(11(16)17-12(2,3)4)9-15-18-13(5,6)14(7,8)19-15/h10H,9H2,1-8H3. The molecule has 1 saturated heterocycles. The van der Waals surface area contributed by atoms with E-state index in [1.165, 1.54) is 0 Å². The van der Waals surface area contributed by atoms with Gasteiger partial charge in [0, 0.05) is 0 Å². The molecule has 1 rings (SSSR count). The third-order valence-electron chi connectivity index (χ3n) is 3.66. The van der Waals surface area contributed by atoms with E-state index in [0.29, 0.717) is 6.32 Å². The molecule has 0 aromatic carbocycles. The van der Waals surface area contributed by atoms with Crippen LogP contribution in [0.25, 0.3) is 0 Å². The lowest BCUT2D eigenvalue weighted by Crippen LogP contribution is -2.41. The lowest BCUT2D eigenvalue weighted by atomic mass is 9.78. The molecule has 0 bridgehead atoms. The van der Waals surface area contributed by atoms with E-state index in [-0.39, 0.29) is 30.2 Å². The second-order valence-electron chi connectivity index (χ2n) is 7.36. The van der Waals surface area contributed by atoms with Crippen LogP contribution in [0.5, 0.6) is 0 Å². The molecule has 110 valence electrons. The van der Waals surface area contributed by atoms with Crippen LogP contribution < -0.4 is 0 Å². The number of esters is 1. The summed E-state index contributed by atoms with van der Waals surface area (Å²) < 4.78 is 17.1. The molecule has 5 heteroatoms. The highest BCUT2D eigenvalue weighted by Gasteiger charge is 2.51. The summed E-state index contributed by atoms with van der Waals surface area (Å²) in [6.07, 6.45) is 0.516. The predicted molar refractivity (Wildman–Crippen MR) is 75.9 cm³/mol. The average Bonchev–Trinajstić information content (AvgIpc) is 2.31. The topological polar surface area (TPSA) is 44.8 Å². The molecule has 1 fully saturated rings. The van der Waals surface area contributed by atoms with Crippen molar-refractivity contribution in [2.75, 3.05) is 0 Å². The third kappa shape index (κ3) is 4.21. The van der Waals surface area contributed by atoms with Gasteiger partial charge in [-0.1, -0.05) is 6.92 Å². The van der Waals surface area contributed by atoms with Crippen LogP contribution in [-0.4, -0.2) is 29.9 Å². The Hall–Kier alpha value is -0.545. The van der Waals surface area contributed by atoms with E-state index in [2.05, 4.69) is 0 Å². The second-order valence-corrected chi connectivity index (χ2v) is 7.36. The first-order valence-electron chi connectivity index (χ1n) is 6.92. The molecule has 0 radical (unpaired) electrons. The molecule has 1 aliphatic heterocycles. The predicted octanol–water partition coefficient (Wildman–Crippen LogP) is 3.06. The van der Waals surface area contributed by atoms with Gasteiger partial charge in [-0.2, -0.15) is 0 Å². The Kier molecular flexibility index (Phi) is 4.43. The SMILES string of the molecule is CC(CB1OC(C)(C)C(C)(C)O1)C(=O)OC(C)(C)C. The van der Waals surface area contributed by atoms with Gasteiger partial charge in [-0.3, -0.25) is 4.79 Å². The van der Waals surface area contributed by atoms with Gasteiger partial charge in [-0.15, -0.1) is 0 Å². The quantitative estimate of drug-likeness (QED) is 0.584. The van der Waals surface area contributed by atoms with Crippen molar-refractivity contribution < 1.29 is 18.8 Å². The first-order chi connectivity index (χ1) is 8.34. The van der Waals surface area contributed by atoms with E-state index in [1.54, 1.807) is 0 Å². The summed E-state index contributed by atoms with van der Waals surface area (Å²) in [7, 11) is -0.354. The Bertz CT molecular complexity index is 328. The van der Waals surface area contributed by atoms with Gasteiger partial charge in [0.1, 0.15) is 5.60 Å². The van der Waals surface area contributed by atoms with Crippen LogP contribution in [0.15, 0.2) is 0 Å². The Morgan fingerprint density at radius 2 is 1.58 bits per heavy atom. The van der Waals surface area contributed by atoms with Crippen molar-refractivity contribution in [3.8, 4) is 0 Å². The van der Waals surface area contributed by atoms with E-state index < -0.39 is 5.60 Å². The summed E-state index contributed by atoms with van der Waals surface area (Å²) in [5.74, 6) is -0.448. The molecule has 0 spiro atoms. The third-order valence-corrected chi connectivity index (χ3v) is 3.66. The molecule has 19 heavy (non-hydrogen) atoms. The van der Waals surface area contributed by atoms with Gasteiger partial charge in [0.2, 0.25) is 0 Å². The Morgan fingerprint density at radius 3 is 1.95 bits per heavy atom. The zero-order valence-electron chi connectivity index (χ0n) is 13.5.